The molecule has 0 aliphatic carbocycles. The van der Waals surface area contributed by atoms with Gasteiger partial charge in [0, 0.05) is 21.3 Å². The fourth-order valence-corrected chi connectivity index (χ4v) is 2.28. The van der Waals surface area contributed by atoms with Crippen LogP contribution >= 0.6 is 23.2 Å². The topological polar surface area (TPSA) is 46.2 Å². The van der Waals surface area contributed by atoms with Crippen LogP contribution in [0, 0.1) is 0 Å². The van der Waals surface area contributed by atoms with Crippen molar-refractivity contribution in [1.29, 1.82) is 0 Å². The molecule has 0 saturated carbocycles. The van der Waals surface area contributed by atoms with Gasteiger partial charge in [0.2, 0.25) is 5.91 Å². The molecule has 0 atom stereocenters. The number of benzene rings is 2. The van der Waals surface area contributed by atoms with E-state index in [4.69, 9.17) is 23.2 Å². The van der Waals surface area contributed by atoms with Crippen LogP contribution in [0.4, 0.5) is 5.69 Å². The first-order valence-electron chi connectivity index (χ1n) is 6.70. The van der Waals surface area contributed by atoms with Gasteiger partial charge in [-0.25, -0.2) is 0 Å². The van der Waals surface area contributed by atoms with Crippen LogP contribution in [0.3, 0.4) is 0 Å². The number of ketones is 1. The predicted molar refractivity (Wildman–Crippen MR) is 95.1 cm³/mol. The molecule has 0 aromatic heterocycles. The Balaban J connectivity index is 2.09. The number of allylic oxidation sites excluding steroid dienone is 1. The highest BCUT2D eigenvalue weighted by atomic mass is 35.5. The van der Waals surface area contributed by atoms with E-state index >= 15 is 0 Å². The van der Waals surface area contributed by atoms with Gasteiger partial charge in [-0.05, 0) is 60.2 Å². The summed E-state index contributed by atoms with van der Waals surface area (Å²) in [5, 5.41) is 3.63. The highest BCUT2D eigenvalue weighted by molar-refractivity contribution is 6.35. The average molecular weight is 346 g/mol. The maximum absolute atomic E-state index is 12.1. The van der Waals surface area contributed by atoms with E-state index in [1.807, 2.05) is 0 Å². The Morgan fingerprint density at radius 3 is 2.35 bits per heavy atom. The summed E-state index contributed by atoms with van der Waals surface area (Å²) in [6.07, 6.45) is 4.25. The standard InChI is InChI=1S/C18H13Cl2NO2/c1-2-18(23)21-15-8-4-13(5-9-15)17(22)10-6-12-3-7-14(19)11-16(12)20/h2-11H,1H2,(H,21,23)/b10-6+. The zero-order valence-electron chi connectivity index (χ0n) is 12.1. The van der Waals surface area contributed by atoms with Gasteiger partial charge in [-0.15, -0.1) is 0 Å². The maximum atomic E-state index is 12.1. The van der Waals surface area contributed by atoms with E-state index in [0.29, 0.717) is 26.9 Å². The Morgan fingerprint density at radius 1 is 1.04 bits per heavy atom. The molecule has 2 aromatic rings. The number of carbonyl (C=O) groups excluding carboxylic acids is 2. The van der Waals surface area contributed by atoms with Gasteiger partial charge in [0.05, 0.1) is 0 Å². The molecule has 1 N–H and O–H groups in total. The molecule has 116 valence electrons. The highest BCUT2D eigenvalue weighted by Crippen LogP contribution is 2.22. The highest BCUT2D eigenvalue weighted by Gasteiger charge is 2.04. The molecule has 2 rings (SSSR count). The molecule has 0 radical (unpaired) electrons. The molecule has 2 aromatic carbocycles. The summed E-state index contributed by atoms with van der Waals surface area (Å²) in [6, 6.07) is 11.6. The second-order valence-electron chi connectivity index (χ2n) is 4.63. The Kier molecular flexibility index (Phi) is 5.74. The molecule has 0 saturated heterocycles. The van der Waals surface area contributed by atoms with Gasteiger partial charge in [-0.3, -0.25) is 9.59 Å². The summed E-state index contributed by atoms with van der Waals surface area (Å²) < 4.78 is 0. The number of carbonyl (C=O) groups is 2. The minimum Gasteiger partial charge on any atom is -0.323 e. The molecule has 0 aliphatic rings. The third-order valence-corrected chi connectivity index (χ3v) is 3.56. The molecule has 0 aliphatic heterocycles. The van der Waals surface area contributed by atoms with Crippen molar-refractivity contribution in [2.45, 2.75) is 0 Å². The van der Waals surface area contributed by atoms with Gasteiger partial charge >= 0.3 is 0 Å². The SMILES string of the molecule is C=CC(=O)Nc1ccc(C(=O)/C=C/c2ccc(Cl)cc2Cl)cc1. The Hall–Kier alpha value is -2.36. The lowest BCUT2D eigenvalue weighted by Crippen LogP contribution is -2.07. The molecule has 23 heavy (non-hydrogen) atoms. The van der Waals surface area contributed by atoms with E-state index in [1.165, 1.54) is 12.2 Å². The summed E-state index contributed by atoms with van der Waals surface area (Å²) in [5.41, 5.74) is 1.80. The van der Waals surface area contributed by atoms with Crippen molar-refractivity contribution < 1.29 is 9.59 Å². The quantitative estimate of drug-likeness (QED) is 0.611. The number of rotatable bonds is 5. The lowest BCUT2D eigenvalue weighted by molar-refractivity contribution is -0.111. The van der Waals surface area contributed by atoms with Crippen molar-refractivity contribution >= 4 is 46.7 Å². The minimum absolute atomic E-state index is 0.169. The van der Waals surface area contributed by atoms with Gasteiger partial charge in [0.25, 0.3) is 0 Å². The van der Waals surface area contributed by atoms with Crippen molar-refractivity contribution in [2.75, 3.05) is 5.32 Å². The summed E-state index contributed by atoms with van der Waals surface area (Å²) in [4.78, 5) is 23.3. The third-order valence-electron chi connectivity index (χ3n) is 3.00. The molecule has 0 heterocycles. The summed E-state index contributed by atoms with van der Waals surface area (Å²) in [6.45, 7) is 3.37. The fourth-order valence-electron chi connectivity index (χ4n) is 1.81. The summed E-state index contributed by atoms with van der Waals surface area (Å²) in [7, 11) is 0. The van der Waals surface area contributed by atoms with Gasteiger partial charge in [0.15, 0.2) is 5.78 Å². The monoisotopic (exact) mass is 345 g/mol. The average Bonchev–Trinajstić information content (AvgIpc) is 2.54. The van der Waals surface area contributed by atoms with Crippen LogP contribution in [0.1, 0.15) is 15.9 Å². The van der Waals surface area contributed by atoms with Crippen LogP contribution < -0.4 is 5.32 Å². The van der Waals surface area contributed by atoms with Crippen LogP contribution in [-0.4, -0.2) is 11.7 Å². The number of anilines is 1. The van der Waals surface area contributed by atoms with Crippen molar-refractivity contribution in [2.24, 2.45) is 0 Å². The van der Waals surface area contributed by atoms with Crippen molar-refractivity contribution in [1.82, 2.24) is 0 Å². The van der Waals surface area contributed by atoms with Crippen molar-refractivity contribution in [3.8, 4) is 0 Å². The van der Waals surface area contributed by atoms with Crippen LogP contribution in [0.15, 0.2) is 61.2 Å². The molecule has 0 unspecified atom stereocenters. The van der Waals surface area contributed by atoms with Gasteiger partial charge in [-0.1, -0.05) is 35.8 Å². The van der Waals surface area contributed by atoms with Gasteiger partial charge < -0.3 is 5.32 Å². The van der Waals surface area contributed by atoms with E-state index in [2.05, 4.69) is 11.9 Å². The number of amides is 1. The molecule has 5 heteroatoms. The zero-order valence-corrected chi connectivity index (χ0v) is 13.6. The number of halogens is 2. The largest absolute Gasteiger partial charge is 0.323 e. The molecule has 1 amide bonds. The number of nitrogens with one attached hydrogen (secondary N) is 1. The van der Waals surface area contributed by atoms with E-state index in [0.717, 1.165) is 0 Å². The molecule has 0 bridgehead atoms. The van der Waals surface area contributed by atoms with E-state index < -0.39 is 0 Å². The van der Waals surface area contributed by atoms with Crippen LogP contribution in [0.25, 0.3) is 6.08 Å². The molecule has 0 spiro atoms. The van der Waals surface area contributed by atoms with Crippen LogP contribution in [0.5, 0.6) is 0 Å². The first-order chi connectivity index (χ1) is 11.0. The molecular formula is C18H13Cl2NO2. The smallest absolute Gasteiger partial charge is 0.247 e. The predicted octanol–water partition coefficient (Wildman–Crippen LogP) is 5.01. The number of hydrogen-bond acceptors (Lipinski definition) is 2. The van der Waals surface area contributed by atoms with Gasteiger partial charge in [0.1, 0.15) is 0 Å². The Labute approximate surface area is 144 Å². The molecule has 0 fully saturated rings. The normalized spacial score (nSPS) is 10.5. The first-order valence-corrected chi connectivity index (χ1v) is 7.46. The van der Waals surface area contributed by atoms with Crippen molar-refractivity contribution in [3.63, 3.8) is 0 Å². The number of hydrogen-bond donors (Lipinski definition) is 1. The van der Waals surface area contributed by atoms with E-state index in [9.17, 15) is 9.59 Å². The minimum atomic E-state index is -0.304. The molecular weight excluding hydrogens is 333 g/mol. The van der Waals surface area contributed by atoms with Crippen LogP contribution in [-0.2, 0) is 4.79 Å². The van der Waals surface area contributed by atoms with E-state index in [-0.39, 0.29) is 11.7 Å². The fraction of sp³-hybridized carbons (Fsp3) is 0. The zero-order chi connectivity index (χ0) is 16.8. The van der Waals surface area contributed by atoms with Crippen LogP contribution in [0.2, 0.25) is 10.0 Å². The summed E-state index contributed by atoms with van der Waals surface area (Å²) >= 11 is 11.9. The maximum Gasteiger partial charge on any atom is 0.247 e. The third kappa shape index (κ3) is 4.81. The second-order valence-corrected chi connectivity index (χ2v) is 5.48. The first kappa shape index (κ1) is 17.0. The molecule has 3 nitrogen and oxygen atoms in total. The summed E-state index contributed by atoms with van der Waals surface area (Å²) in [5.74, 6) is -0.473. The Bertz CT molecular complexity index is 780. The van der Waals surface area contributed by atoms with E-state index in [1.54, 1.807) is 48.5 Å². The van der Waals surface area contributed by atoms with Crippen molar-refractivity contribution in [3.05, 3.63) is 82.4 Å². The van der Waals surface area contributed by atoms with Gasteiger partial charge in [-0.2, -0.15) is 0 Å². The lowest BCUT2D eigenvalue weighted by atomic mass is 10.1. The Morgan fingerprint density at radius 2 is 1.74 bits per heavy atom. The lowest BCUT2D eigenvalue weighted by Gasteiger charge is -2.03. The second kappa shape index (κ2) is 7.77.